The summed E-state index contributed by atoms with van der Waals surface area (Å²) in [6.45, 7) is 0. The van der Waals surface area contributed by atoms with Gasteiger partial charge in [0.05, 0.1) is 11.0 Å². The second-order valence-electron chi connectivity index (χ2n) is 12.4. The van der Waals surface area contributed by atoms with Crippen LogP contribution in [0.25, 0.3) is 93.0 Å². The van der Waals surface area contributed by atoms with Gasteiger partial charge in [0.2, 0.25) is 0 Å². The second kappa shape index (κ2) is 11.6. The van der Waals surface area contributed by atoms with Crippen LogP contribution in [0.4, 0.5) is 0 Å². The lowest BCUT2D eigenvalue weighted by Crippen LogP contribution is -2.00. The predicted octanol–water partition coefficient (Wildman–Crippen LogP) is 12.0. The van der Waals surface area contributed by atoms with Crippen LogP contribution in [0.2, 0.25) is 0 Å². The summed E-state index contributed by atoms with van der Waals surface area (Å²) in [5, 5.41) is 4.93. The summed E-state index contributed by atoms with van der Waals surface area (Å²) in [4.78, 5) is 15.1. The molecule has 0 amide bonds. The molecule has 0 fully saturated rings. The Labute approximate surface area is 292 Å². The minimum Gasteiger partial charge on any atom is -0.309 e. The fourth-order valence-electron chi connectivity index (χ4n) is 7.15. The molecular weight excluding hydrogens is 629 g/mol. The molecule has 0 N–H and O–H groups in total. The first-order valence-electron chi connectivity index (χ1n) is 16.7. The van der Waals surface area contributed by atoms with E-state index < -0.39 is 0 Å². The minimum atomic E-state index is 0.662. The molecule has 4 nitrogen and oxygen atoms in total. The number of aromatic nitrogens is 4. The topological polar surface area (TPSA) is 43.6 Å². The fraction of sp³-hybridized carbons (Fsp3) is 0. The third-order valence-corrected chi connectivity index (χ3v) is 10.8. The van der Waals surface area contributed by atoms with E-state index in [2.05, 4.69) is 114 Å². The zero-order valence-corrected chi connectivity index (χ0v) is 27.7. The standard InChI is InChI=1S/C45H28N4S/c1-4-14-29(15-5-1)43-46-44(30-16-6-2-7-17-30)48-45(47-43)38-24-13-23-37-36-22-12-21-33(41(36)50-42(37)38)31-26-27-35-34-20-10-11-25-39(34)49(40(35)28-31)32-18-8-3-9-19-32/h1-28H. The first-order valence-corrected chi connectivity index (χ1v) is 17.5. The molecule has 10 aromatic rings. The van der Waals surface area contributed by atoms with Gasteiger partial charge in [-0.25, -0.2) is 15.0 Å². The number of hydrogen-bond donors (Lipinski definition) is 0. The highest BCUT2D eigenvalue weighted by molar-refractivity contribution is 7.26. The average Bonchev–Trinajstić information content (AvgIpc) is 3.74. The summed E-state index contributed by atoms with van der Waals surface area (Å²) in [7, 11) is 0. The summed E-state index contributed by atoms with van der Waals surface area (Å²) in [5.74, 6) is 2.00. The zero-order chi connectivity index (χ0) is 33.0. The molecule has 0 spiro atoms. The van der Waals surface area contributed by atoms with Gasteiger partial charge in [0.1, 0.15) is 0 Å². The van der Waals surface area contributed by atoms with Crippen molar-refractivity contribution in [1.29, 1.82) is 0 Å². The quantitative estimate of drug-likeness (QED) is 0.185. The Bertz CT molecular complexity index is 2800. The Morgan fingerprint density at radius 2 is 0.880 bits per heavy atom. The van der Waals surface area contributed by atoms with E-state index in [9.17, 15) is 0 Å². The molecular formula is C45H28N4S. The maximum atomic E-state index is 5.08. The van der Waals surface area contributed by atoms with Gasteiger partial charge in [0.15, 0.2) is 17.5 Å². The van der Waals surface area contributed by atoms with E-state index in [0.29, 0.717) is 17.5 Å². The fourth-order valence-corrected chi connectivity index (χ4v) is 8.49. The molecule has 0 aliphatic heterocycles. The Kier molecular flexibility index (Phi) is 6.64. The Morgan fingerprint density at radius 3 is 1.56 bits per heavy atom. The molecule has 0 saturated carbocycles. The van der Waals surface area contributed by atoms with Crippen molar-refractivity contribution in [2.75, 3.05) is 0 Å². The van der Waals surface area contributed by atoms with Crippen LogP contribution in [0.1, 0.15) is 0 Å². The van der Waals surface area contributed by atoms with Gasteiger partial charge in [-0.15, -0.1) is 11.3 Å². The molecule has 3 aromatic heterocycles. The van der Waals surface area contributed by atoms with E-state index >= 15 is 0 Å². The molecule has 0 aliphatic rings. The molecule has 0 saturated heterocycles. The second-order valence-corrected chi connectivity index (χ2v) is 13.4. The molecule has 0 atom stereocenters. The van der Waals surface area contributed by atoms with Gasteiger partial charge in [-0.05, 0) is 41.5 Å². The van der Waals surface area contributed by atoms with Gasteiger partial charge >= 0.3 is 0 Å². The van der Waals surface area contributed by atoms with E-state index in [1.165, 1.54) is 53.1 Å². The Hall–Kier alpha value is -6.43. The molecule has 50 heavy (non-hydrogen) atoms. The molecule has 234 valence electrons. The van der Waals surface area contributed by atoms with Crippen molar-refractivity contribution in [3.8, 4) is 51.0 Å². The van der Waals surface area contributed by atoms with E-state index in [-0.39, 0.29) is 0 Å². The summed E-state index contributed by atoms with van der Waals surface area (Å²) in [6.07, 6.45) is 0. The number of benzene rings is 7. The van der Waals surface area contributed by atoms with Gasteiger partial charge in [0, 0.05) is 53.3 Å². The van der Waals surface area contributed by atoms with Gasteiger partial charge in [-0.1, -0.05) is 140 Å². The van der Waals surface area contributed by atoms with E-state index in [1.54, 1.807) is 0 Å². The highest BCUT2D eigenvalue weighted by Gasteiger charge is 2.19. The number of thiophene rings is 1. The van der Waals surface area contributed by atoms with E-state index in [0.717, 1.165) is 22.4 Å². The first-order chi connectivity index (χ1) is 24.8. The van der Waals surface area contributed by atoms with Crippen LogP contribution >= 0.6 is 11.3 Å². The van der Waals surface area contributed by atoms with Crippen LogP contribution in [0, 0.1) is 0 Å². The molecule has 0 bridgehead atoms. The van der Waals surface area contributed by atoms with Crippen LogP contribution in [-0.2, 0) is 0 Å². The largest absolute Gasteiger partial charge is 0.309 e. The van der Waals surface area contributed by atoms with Crippen molar-refractivity contribution >= 4 is 53.3 Å². The molecule has 5 heteroatoms. The van der Waals surface area contributed by atoms with Crippen LogP contribution < -0.4 is 0 Å². The lowest BCUT2D eigenvalue weighted by molar-refractivity contribution is 1.08. The van der Waals surface area contributed by atoms with Gasteiger partial charge < -0.3 is 4.57 Å². The maximum Gasteiger partial charge on any atom is 0.165 e. The van der Waals surface area contributed by atoms with Gasteiger partial charge in [-0.2, -0.15) is 0 Å². The van der Waals surface area contributed by atoms with Crippen molar-refractivity contribution in [2.45, 2.75) is 0 Å². The number of rotatable bonds is 5. The van der Waals surface area contributed by atoms with Crippen LogP contribution in [0.15, 0.2) is 170 Å². The third kappa shape index (κ3) is 4.63. The van der Waals surface area contributed by atoms with Gasteiger partial charge in [-0.3, -0.25) is 0 Å². The number of hydrogen-bond acceptors (Lipinski definition) is 4. The summed E-state index contributed by atoms with van der Waals surface area (Å²) >= 11 is 1.81. The molecule has 7 aromatic carbocycles. The Balaban J connectivity index is 1.18. The van der Waals surface area contributed by atoms with Crippen LogP contribution in [0.5, 0.6) is 0 Å². The van der Waals surface area contributed by atoms with Crippen LogP contribution in [0.3, 0.4) is 0 Å². The molecule has 0 aliphatic carbocycles. The number of nitrogens with zero attached hydrogens (tertiary/aromatic N) is 4. The highest BCUT2D eigenvalue weighted by Crippen LogP contribution is 2.44. The zero-order valence-electron chi connectivity index (χ0n) is 26.9. The SMILES string of the molecule is c1ccc(-c2nc(-c3ccccc3)nc(-c3cccc4c3sc3c(-c5ccc6c7ccccc7n(-c7ccccc7)c6c5)cccc34)n2)cc1. The van der Waals surface area contributed by atoms with Crippen molar-refractivity contribution < 1.29 is 0 Å². The molecule has 0 radical (unpaired) electrons. The van der Waals surface area contributed by atoms with E-state index in [4.69, 9.17) is 15.0 Å². The summed E-state index contributed by atoms with van der Waals surface area (Å²) < 4.78 is 4.79. The van der Waals surface area contributed by atoms with Crippen LogP contribution in [-0.4, -0.2) is 19.5 Å². The monoisotopic (exact) mass is 656 g/mol. The van der Waals surface area contributed by atoms with Crippen molar-refractivity contribution in [3.05, 3.63) is 170 Å². The predicted molar refractivity (Wildman–Crippen MR) is 209 cm³/mol. The van der Waals surface area contributed by atoms with Crippen molar-refractivity contribution in [1.82, 2.24) is 19.5 Å². The van der Waals surface area contributed by atoms with Gasteiger partial charge in [0.25, 0.3) is 0 Å². The first kappa shape index (κ1) is 28.6. The number of fused-ring (bicyclic) bond motifs is 6. The third-order valence-electron chi connectivity index (χ3n) is 9.46. The molecule has 3 heterocycles. The highest BCUT2D eigenvalue weighted by atomic mass is 32.1. The number of para-hydroxylation sites is 2. The summed E-state index contributed by atoms with van der Waals surface area (Å²) in [6, 6.07) is 59.7. The normalized spacial score (nSPS) is 11.6. The van der Waals surface area contributed by atoms with Crippen molar-refractivity contribution in [2.24, 2.45) is 0 Å². The maximum absolute atomic E-state index is 5.08. The average molecular weight is 657 g/mol. The molecule has 10 rings (SSSR count). The smallest absolute Gasteiger partial charge is 0.165 e. The lowest BCUT2D eigenvalue weighted by atomic mass is 10.0. The van der Waals surface area contributed by atoms with Crippen molar-refractivity contribution in [3.63, 3.8) is 0 Å². The van der Waals surface area contributed by atoms with E-state index in [1.807, 2.05) is 72.0 Å². The Morgan fingerprint density at radius 1 is 0.360 bits per heavy atom. The minimum absolute atomic E-state index is 0.662. The molecule has 0 unspecified atom stereocenters. The lowest BCUT2D eigenvalue weighted by Gasteiger charge is -2.09. The summed E-state index contributed by atoms with van der Waals surface area (Å²) in [5.41, 5.74) is 8.89.